The van der Waals surface area contributed by atoms with Gasteiger partial charge >= 0.3 is 0 Å². The van der Waals surface area contributed by atoms with Gasteiger partial charge in [-0.15, -0.1) is 0 Å². The van der Waals surface area contributed by atoms with Gasteiger partial charge in [0.1, 0.15) is 5.82 Å². The number of rotatable bonds is 4. The molecule has 4 nitrogen and oxygen atoms in total. The van der Waals surface area contributed by atoms with Crippen LogP contribution in [0.2, 0.25) is 0 Å². The first kappa shape index (κ1) is 13.6. The molecule has 0 amide bonds. The summed E-state index contributed by atoms with van der Waals surface area (Å²) in [5.74, 6) is -0.573. The SMILES string of the molecule is CN(Cc1cccnc1)S(=O)(=O)c1cccc(F)c1. The van der Waals surface area contributed by atoms with Crippen LogP contribution in [0.1, 0.15) is 5.56 Å². The monoisotopic (exact) mass is 280 g/mol. The molecule has 0 aliphatic rings. The minimum absolute atomic E-state index is 0.0566. The Bertz CT molecular complexity index is 659. The Balaban J connectivity index is 2.25. The van der Waals surface area contributed by atoms with Crippen molar-refractivity contribution in [2.45, 2.75) is 11.4 Å². The van der Waals surface area contributed by atoms with Gasteiger partial charge in [0.05, 0.1) is 4.90 Å². The van der Waals surface area contributed by atoms with Crippen molar-refractivity contribution in [2.24, 2.45) is 0 Å². The lowest BCUT2D eigenvalue weighted by Gasteiger charge is -2.17. The fraction of sp³-hybridized carbons (Fsp3) is 0.154. The molecule has 0 aliphatic heterocycles. The Morgan fingerprint density at radius 2 is 2.05 bits per heavy atom. The number of aromatic nitrogens is 1. The lowest BCUT2D eigenvalue weighted by molar-refractivity contribution is 0.465. The lowest BCUT2D eigenvalue weighted by atomic mass is 10.3. The molecule has 0 N–H and O–H groups in total. The highest BCUT2D eigenvalue weighted by Crippen LogP contribution is 2.17. The molecule has 0 unspecified atom stereocenters. The van der Waals surface area contributed by atoms with Crippen molar-refractivity contribution in [3.05, 3.63) is 60.2 Å². The molecule has 0 spiro atoms. The fourth-order valence-electron chi connectivity index (χ4n) is 1.64. The van der Waals surface area contributed by atoms with Crippen molar-refractivity contribution in [1.82, 2.24) is 9.29 Å². The quantitative estimate of drug-likeness (QED) is 0.861. The largest absolute Gasteiger partial charge is 0.264 e. The summed E-state index contributed by atoms with van der Waals surface area (Å²) in [6.45, 7) is 0.187. The maximum Gasteiger partial charge on any atom is 0.243 e. The smallest absolute Gasteiger partial charge is 0.243 e. The molecular formula is C13H13FN2O2S. The number of benzene rings is 1. The van der Waals surface area contributed by atoms with Gasteiger partial charge in [-0.1, -0.05) is 12.1 Å². The highest BCUT2D eigenvalue weighted by Gasteiger charge is 2.21. The van der Waals surface area contributed by atoms with Crippen molar-refractivity contribution in [2.75, 3.05) is 7.05 Å². The summed E-state index contributed by atoms with van der Waals surface area (Å²) in [5.41, 5.74) is 0.768. The van der Waals surface area contributed by atoms with Crippen LogP contribution in [0.4, 0.5) is 4.39 Å². The predicted octanol–water partition coefficient (Wildman–Crippen LogP) is 2.04. The van der Waals surface area contributed by atoms with Crippen LogP contribution < -0.4 is 0 Å². The van der Waals surface area contributed by atoms with Crippen molar-refractivity contribution in [1.29, 1.82) is 0 Å². The van der Waals surface area contributed by atoms with Crippen LogP contribution in [-0.2, 0) is 16.6 Å². The molecule has 0 atom stereocenters. The van der Waals surface area contributed by atoms with Gasteiger partial charge < -0.3 is 0 Å². The molecular weight excluding hydrogens is 267 g/mol. The van der Waals surface area contributed by atoms with Gasteiger partial charge in [0.25, 0.3) is 0 Å². The number of halogens is 1. The van der Waals surface area contributed by atoms with Crippen LogP contribution >= 0.6 is 0 Å². The molecule has 0 fully saturated rings. The van der Waals surface area contributed by atoms with E-state index in [1.165, 1.54) is 29.6 Å². The zero-order valence-electron chi connectivity index (χ0n) is 10.3. The average molecular weight is 280 g/mol. The summed E-state index contributed by atoms with van der Waals surface area (Å²) in [7, 11) is -2.24. The Kier molecular flexibility index (Phi) is 3.92. The molecule has 1 aromatic heterocycles. The van der Waals surface area contributed by atoms with Crippen LogP contribution in [0.25, 0.3) is 0 Å². The molecule has 19 heavy (non-hydrogen) atoms. The summed E-state index contributed by atoms with van der Waals surface area (Å²) in [4.78, 5) is 3.87. The van der Waals surface area contributed by atoms with Gasteiger partial charge in [-0.25, -0.2) is 12.8 Å². The van der Waals surface area contributed by atoms with E-state index in [-0.39, 0.29) is 11.4 Å². The zero-order valence-corrected chi connectivity index (χ0v) is 11.1. The first-order chi connectivity index (χ1) is 9.00. The van der Waals surface area contributed by atoms with E-state index in [4.69, 9.17) is 0 Å². The Morgan fingerprint density at radius 1 is 1.26 bits per heavy atom. The predicted molar refractivity (Wildman–Crippen MR) is 69.3 cm³/mol. The van der Waals surface area contributed by atoms with E-state index in [0.717, 1.165) is 11.6 Å². The maximum absolute atomic E-state index is 13.1. The normalized spacial score (nSPS) is 11.7. The lowest BCUT2D eigenvalue weighted by Crippen LogP contribution is -2.26. The highest BCUT2D eigenvalue weighted by atomic mass is 32.2. The second kappa shape index (κ2) is 5.46. The maximum atomic E-state index is 13.1. The van der Waals surface area contributed by atoms with Crippen molar-refractivity contribution in [3.8, 4) is 0 Å². The van der Waals surface area contributed by atoms with E-state index in [0.29, 0.717) is 0 Å². The van der Waals surface area contributed by atoms with Crippen LogP contribution in [0, 0.1) is 5.82 Å². The van der Waals surface area contributed by atoms with E-state index < -0.39 is 15.8 Å². The number of sulfonamides is 1. The number of nitrogens with zero attached hydrogens (tertiary/aromatic N) is 2. The average Bonchev–Trinajstić information content (AvgIpc) is 2.40. The molecule has 0 bridgehead atoms. The van der Waals surface area contributed by atoms with Gasteiger partial charge in [-0.2, -0.15) is 4.31 Å². The first-order valence-electron chi connectivity index (χ1n) is 5.61. The van der Waals surface area contributed by atoms with E-state index >= 15 is 0 Å². The Labute approximate surface area is 111 Å². The van der Waals surface area contributed by atoms with E-state index in [1.54, 1.807) is 24.5 Å². The van der Waals surface area contributed by atoms with Crippen molar-refractivity contribution in [3.63, 3.8) is 0 Å². The third kappa shape index (κ3) is 3.15. The second-order valence-electron chi connectivity index (χ2n) is 4.08. The van der Waals surface area contributed by atoms with Gasteiger partial charge in [0.15, 0.2) is 0 Å². The summed E-state index contributed by atoms with van der Waals surface area (Å²) in [6, 6.07) is 8.48. The van der Waals surface area contributed by atoms with E-state index in [1.807, 2.05) is 0 Å². The zero-order chi connectivity index (χ0) is 13.9. The topological polar surface area (TPSA) is 50.3 Å². The van der Waals surface area contributed by atoms with Crippen LogP contribution in [0.15, 0.2) is 53.7 Å². The minimum Gasteiger partial charge on any atom is -0.264 e. The molecule has 6 heteroatoms. The second-order valence-corrected chi connectivity index (χ2v) is 6.12. The van der Waals surface area contributed by atoms with Crippen molar-refractivity contribution < 1.29 is 12.8 Å². The Hall–Kier alpha value is -1.79. The van der Waals surface area contributed by atoms with Gasteiger partial charge in [-0.05, 0) is 29.8 Å². The van der Waals surface area contributed by atoms with E-state index in [2.05, 4.69) is 4.98 Å². The minimum atomic E-state index is -3.69. The van der Waals surface area contributed by atoms with Gasteiger partial charge in [-0.3, -0.25) is 4.98 Å². The van der Waals surface area contributed by atoms with Crippen LogP contribution in [0.3, 0.4) is 0 Å². The molecule has 1 heterocycles. The molecule has 0 saturated carbocycles. The third-order valence-electron chi connectivity index (χ3n) is 2.63. The molecule has 0 aliphatic carbocycles. The summed E-state index contributed by atoms with van der Waals surface area (Å²) < 4.78 is 38.7. The van der Waals surface area contributed by atoms with Crippen molar-refractivity contribution >= 4 is 10.0 Å². The standard InChI is InChI=1S/C13H13FN2O2S/c1-16(10-11-4-3-7-15-9-11)19(17,18)13-6-2-5-12(14)8-13/h2-9H,10H2,1H3. The number of hydrogen-bond donors (Lipinski definition) is 0. The number of hydrogen-bond acceptors (Lipinski definition) is 3. The van der Waals surface area contributed by atoms with Crippen LogP contribution in [-0.4, -0.2) is 24.8 Å². The third-order valence-corrected chi connectivity index (χ3v) is 4.43. The molecule has 0 saturated heterocycles. The molecule has 100 valence electrons. The van der Waals surface area contributed by atoms with Gasteiger partial charge in [0.2, 0.25) is 10.0 Å². The van der Waals surface area contributed by atoms with Crippen LogP contribution in [0.5, 0.6) is 0 Å². The summed E-state index contributed by atoms with van der Waals surface area (Å²) in [5, 5.41) is 0. The fourth-order valence-corrected chi connectivity index (χ4v) is 2.83. The number of pyridine rings is 1. The molecule has 2 aromatic rings. The Morgan fingerprint density at radius 3 is 2.68 bits per heavy atom. The van der Waals surface area contributed by atoms with Gasteiger partial charge in [0, 0.05) is 26.0 Å². The molecule has 0 radical (unpaired) electrons. The summed E-state index contributed by atoms with van der Waals surface area (Å²) in [6.07, 6.45) is 3.21. The highest BCUT2D eigenvalue weighted by molar-refractivity contribution is 7.89. The molecule has 1 aromatic carbocycles. The van der Waals surface area contributed by atoms with E-state index in [9.17, 15) is 12.8 Å². The first-order valence-corrected chi connectivity index (χ1v) is 7.05. The summed E-state index contributed by atoms with van der Waals surface area (Å²) >= 11 is 0. The molecule has 2 rings (SSSR count).